The Morgan fingerprint density at radius 2 is 1.77 bits per heavy atom. The van der Waals surface area contributed by atoms with Crippen molar-refractivity contribution in [1.29, 1.82) is 0 Å². The SMILES string of the molecule is CN=C(NCCN1CCN(Cc2ccccc2)CC1)NC(C)Cc1c(C)nn(C)c1C. The van der Waals surface area contributed by atoms with Crippen molar-refractivity contribution in [1.82, 2.24) is 30.2 Å². The van der Waals surface area contributed by atoms with Crippen LogP contribution in [0.5, 0.6) is 0 Å². The molecule has 1 unspecified atom stereocenters. The first kappa shape index (κ1) is 23.3. The van der Waals surface area contributed by atoms with Gasteiger partial charge in [0.05, 0.1) is 5.69 Å². The number of aryl methyl sites for hydroxylation is 2. The highest BCUT2D eigenvalue weighted by Gasteiger charge is 2.17. The second-order valence-electron chi connectivity index (χ2n) is 8.62. The molecule has 0 saturated carbocycles. The van der Waals surface area contributed by atoms with Gasteiger partial charge in [0.2, 0.25) is 0 Å². The van der Waals surface area contributed by atoms with Crippen LogP contribution >= 0.6 is 0 Å². The Balaban J connectivity index is 1.35. The monoisotopic (exact) mass is 425 g/mol. The fourth-order valence-corrected chi connectivity index (χ4v) is 4.24. The van der Waals surface area contributed by atoms with Gasteiger partial charge in [0, 0.05) is 71.6 Å². The summed E-state index contributed by atoms with van der Waals surface area (Å²) in [6.45, 7) is 13.9. The zero-order chi connectivity index (χ0) is 22.2. The predicted molar refractivity (Wildman–Crippen MR) is 129 cm³/mol. The Morgan fingerprint density at radius 3 is 2.39 bits per heavy atom. The molecule has 0 bridgehead atoms. The number of hydrogen-bond acceptors (Lipinski definition) is 4. The van der Waals surface area contributed by atoms with Crippen LogP contribution in [0.4, 0.5) is 0 Å². The summed E-state index contributed by atoms with van der Waals surface area (Å²) in [5.41, 5.74) is 5.08. The molecule has 2 N–H and O–H groups in total. The van der Waals surface area contributed by atoms with E-state index in [-0.39, 0.29) is 6.04 Å². The molecule has 7 heteroatoms. The number of nitrogens with one attached hydrogen (secondary N) is 2. The summed E-state index contributed by atoms with van der Waals surface area (Å²) in [7, 11) is 3.84. The molecule has 1 aliphatic rings. The Morgan fingerprint density at radius 1 is 1.10 bits per heavy atom. The maximum atomic E-state index is 4.53. The lowest BCUT2D eigenvalue weighted by Gasteiger charge is -2.34. The lowest BCUT2D eigenvalue weighted by atomic mass is 10.1. The molecule has 1 fully saturated rings. The van der Waals surface area contributed by atoms with Gasteiger partial charge in [-0.2, -0.15) is 5.10 Å². The molecule has 1 atom stereocenters. The molecule has 2 aromatic rings. The first-order valence-corrected chi connectivity index (χ1v) is 11.4. The van der Waals surface area contributed by atoms with E-state index in [1.165, 1.54) is 16.8 Å². The molecule has 0 aliphatic carbocycles. The summed E-state index contributed by atoms with van der Waals surface area (Å²) in [6, 6.07) is 11.0. The van der Waals surface area contributed by atoms with Crippen LogP contribution in [0, 0.1) is 13.8 Å². The number of guanidine groups is 1. The van der Waals surface area contributed by atoms with Crippen molar-refractivity contribution < 1.29 is 0 Å². The van der Waals surface area contributed by atoms with Gasteiger partial charge in [-0.15, -0.1) is 0 Å². The van der Waals surface area contributed by atoms with Crippen molar-refractivity contribution >= 4 is 5.96 Å². The van der Waals surface area contributed by atoms with E-state index >= 15 is 0 Å². The molecular weight excluding hydrogens is 386 g/mol. The second-order valence-corrected chi connectivity index (χ2v) is 8.62. The fourth-order valence-electron chi connectivity index (χ4n) is 4.24. The second kappa shape index (κ2) is 11.3. The first-order chi connectivity index (χ1) is 15.0. The average molecular weight is 426 g/mol. The van der Waals surface area contributed by atoms with E-state index in [1.54, 1.807) is 0 Å². The summed E-state index contributed by atoms with van der Waals surface area (Å²) in [5.74, 6) is 0.870. The Bertz CT molecular complexity index is 835. The fraction of sp³-hybridized carbons (Fsp3) is 0.583. The molecule has 1 aliphatic heterocycles. The molecule has 7 nitrogen and oxygen atoms in total. The summed E-state index contributed by atoms with van der Waals surface area (Å²) in [4.78, 5) is 9.49. The van der Waals surface area contributed by atoms with E-state index in [0.29, 0.717) is 0 Å². The standard InChI is InChI=1S/C24H39N7/c1-19(17-23-20(2)28-29(5)21(23)3)27-24(25-4)26-11-12-30-13-15-31(16-14-30)18-22-9-7-6-8-10-22/h6-10,19H,11-18H2,1-5H3,(H2,25,26,27). The van der Waals surface area contributed by atoms with Gasteiger partial charge in [0.1, 0.15) is 0 Å². The molecule has 0 spiro atoms. The predicted octanol–water partition coefficient (Wildman–Crippen LogP) is 1.95. The highest BCUT2D eigenvalue weighted by molar-refractivity contribution is 5.79. The third-order valence-corrected chi connectivity index (χ3v) is 6.21. The van der Waals surface area contributed by atoms with E-state index in [1.807, 2.05) is 18.8 Å². The van der Waals surface area contributed by atoms with E-state index in [9.17, 15) is 0 Å². The Labute approximate surface area is 187 Å². The lowest BCUT2D eigenvalue weighted by Crippen LogP contribution is -2.49. The smallest absolute Gasteiger partial charge is 0.191 e. The highest BCUT2D eigenvalue weighted by atomic mass is 15.3. The van der Waals surface area contributed by atoms with Crippen LogP contribution in [0.25, 0.3) is 0 Å². The third kappa shape index (κ3) is 6.80. The van der Waals surface area contributed by atoms with Crippen LogP contribution in [0.1, 0.15) is 29.4 Å². The van der Waals surface area contributed by atoms with Gasteiger partial charge in [-0.3, -0.25) is 19.5 Å². The molecule has 1 saturated heterocycles. The molecule has 31 heavy (non-hydrogen) atoms. The van der Waals surface area contributed by atoms with Crippen LogP contribution in [-0.2, 0) is 20.0 Å². The van der Waals surface area contributed by atoms with Crippen LogP contribution < -0.4 is 10.6 Å². The van der Waals surface area contributed by atoms with Gasteiger partial charge < -0.3 is 10.6 Å². The van der Waals surface area contributed by atoms with E-state index in [4.69, 9.17) is 0 Å². The van der Waals surface area contributed by atoms with Crippen molar-refractivity contribution in [3.8, 4) is 0 Å². The Kier molecular flexibility index (Phi) is 8.49. The maximum Gasteiger partial charge on any atom is 0.191 e. The Hall–Kier alpha value is -2.38. The molecule has 1 aromatic carbocycles. The van der Waals surface area contributed by atoms with E-state index in [2.05, 4.69) is 81.6 Å². The molecule has 2 heterocycles. The molecule has 1 aromatic heterocycles. The minimum absolute atomic E-state index is 0.286. The van der Waals surface area contributed by atoms with Crippen molar-refractivity contribution in [3.05, 3.63) is 52.8 Å². The van der Waals surface area contributed by atoms with E-state index < -0.39 is 0 Å². The normalized spacial score (nSPS) is 17.0. The quantitative estimate of drug-likeness (QED) is 0.500. The van der Waals surface area contributed by atoms with Gasteiger partial charge in [0.25, 0.3) is 0 Å². The molecule has 170 valence electrons. The number of hydrogen-bond donors (Lipinski definition) is 2. The number of aromatic nitrogens is 2. The van der Waals surface area contributed by atoms with Gasteiger partial charge in [-0.05, 0) is 38.3 Å². The zero-order valence-electron chi connectivity index (χ0n) is 19.9. The molecular formula is C24H39N7. The summed E-state index contributed by atoms with van der Waals surface area (Å²) in [6.07, 6.45) is 0.940. The molecule has 3 rings (SSSR count). The number of piperazine rings is 1. The van der Waals surface area contributed by atoms with Gasteiger partial charge in [-0.25, -0.2) is 0 Å². The van der Waals surface area contributed by atoms with Crippen LogP contribution in [0.2, 0.25) is 0 Å². The van der Waals surface area contributed by atoms with Gasteiger partial charge in [-0.1, -0.05) is 30.3 Å². The summed E-state index contributed by atoms with van der Waals surface area (Å²) >= 11 is 0. The van der Waals surface area contributed by atoms with Crippen LogP contribution in [0.3, 0.4) is 0 Å². The molecule has 0 amide bonds. The number of rotatable bonds is 8. The zero-order valence-corrected chi connectivity index (χ0v) is 19.9. The maximum absolute atomic E-state index is 4.53. The van der Waals surface area contributed by atoms with Crippen molar-refractivity contribution in [2.75, 3.05) is 46.3 Å². The van der Waals surface area contributed by atoms with Gasteiger partial charge >= 0.3 is 0 Å². The van der Waals surface area contributed by atoms with Crippen LogP contribution in [0.15, 0.2) is 35.3 Å². The molecule has 0 radical (unpaired) electrons. The minimum atomic E-state index is 0.286. The largest absolute Gasteiger partial charge is 0.355 e. The van der Waals surface area contributed by atoms with Crippen molar-refractivity contribution in [2.24, 2.45) is 12.0 Å². The average Bonchev–Trinajstić information content (AvgIpc) is 3.01. The number of benzene rings is 1. The number of aliphatic imine (C=N–C) groups is 1. The highest BCUT2D eigenvalue weighted by Crippen LogP contribution is 2.14. The van der Waals surface area contributed by atoms with Crippen molar-refractivity contribution in [3.63, 3.8) is 0 Å². The minimum Gasteiger partial charge on any atom is -0.355 e. The topological polar surface area (TPSA) is 60.7 Å². The van der Waals surface area contributed by atoms with Crippen molar-refractivity contribution in [2.45, 2.75) is 39.8 Å². The summed E-state index contributed by atoms with van der Waals surface area (Å²) < 4.78 is 1.96. The summed E-state index contributed by atoms with van der Waals surface area (Å²) in [5, 5.41) is 11.5. The van der Waals surface area contributed by atoms with Gasteiger partial charge in [0.15, 0.2) is 5.96 Å². The first-order valence-electron chi connectivity index (χ1n) is 11.4. The van der Waals surface area contributed by atoms with E-state index in [0.717, 1.165) is 63.9 Å². The van der Waals surface area contributed by atoms with Crippen LogP contribution in [-0.4, -0.2) is 77.9 Å². The third-order valence-electron chi connectivity index (χ3n) is 6.21. The number of nitrogens with zero attached hydrogens (tertiary/aromatic N) is 5. The lowest BCUT2D eigenvalue weighted by molar-refractivity contribution is 0.129.